The van der Waals surface area contributed by atoms with Crippen LogP contribution in [0.3, 0.4) is 0 Å². The lowest BCUT2D eigenvalue weighted by molar-refractivity contribution is -0.138. The van der Waals surface area contributed by atoms with Crippen LogP contribution in [0, 0.1) is 11.3 Å². The van der Waals surface area contributed by atoms with Gasteiger partial charge in [-0.25, -0.2) is 0 Å². The van der Waals surface area contributed by atoms with E-state index in [9.17, 15) is 5.11 Å². The van der Waals surface area contributed by atoms with E-state index in [4.69, 9.17) is 42.1 Å². The second kappa shape index (κ2) is 10.3. The molecule has 0 amide bonds. The summed E-state index contributed by atoms with van der Waals surface area (Å²) in [5.41, 5.74) is 1.26. The minimum atomic E-state index is -0.400. The largest absolute Gasteiger partial charge is 0.489 e. The van der Waals surface area contributed by atoms with Crippen LogP contribution in [0.15, 0.2) is 60.7 Å². The molecule has 1 N–H and O–H groups in total. The van der Waals surface area contributed by atoms with Gasteiger partial charge in [-0.1, -0.05) is 43.1 Å². The van der Waals surface area contributed by atoms with Gasteiger partial charge in [0, 0.05) is 16.0 Å². The summed E-state index contributed by atoms with van der Waals surface area (Å²) in [6, 6.07) is 18.4. The number of ether oxygens (including phenoxy) is 4. The monoisotopic (exact) mass is 542 g/mol. The van der Waals surface area contributed by atoms with E-state index < -0.39 is 5.60 Å². The summed E-state index contributed by atoms with van der Waals surface area (Å²) in [7, 11) is 0. The SMILES string of the molecule is CC1(C)[C@H](O)CC[C@@]2(C)Oc3c(ccc(OCOc4ccc(Cl)cc4)c3COc3ccc(Cl)cc3)C[C@H]12. The summed E-state index contributed by atoms with van der Waals surface area (Å²) in [6.45, 7) is 6.73. The molecule has 0 spiro atoms. The van der Waals surface area contributed by atoms with Crippen LogP contribution in [0.1, 0.15) is 44.7 Å². The summed E-state index contributed by atoms with van der Waals surface area (Å²) in [6.07, 6.45) is 1.95. The molecule has 3 aromatic rings. The Bertz CT molecular complexity index is 1240. The molecule has 3 aromatic carbocycles. The van der Waals surface area contributed by atoms with Crippen molar-refractivity contribution in [1.82, 2.24) is 0 Å². The van der Waals surface area contributed by atoms with Gasteiger partial charge in [0.2, 0.25) is 6.79 Å². The van der Waals surface area contributed by atoms with Crippen LogP contribution < -0.4 is 18.9 Å². The van der Waals surface area contributed by atoms with Crippen LogP contribution in [0.4, 0.5) is 0 Å². The smallest absolute Gasteiger partial charge is 0.230 e. The van der Waals surface area contributed by atoms with Crippen molar-refractivity contribution in [3.8, 4) is 23.0 Å². The van der Waals surface area contributed by atoms with E-state index in [1.807, 2.05) is 18.2 Å². The van der Waals surface area contributed by atoms with E-state index in [0.29, 0.717) is 33.7 Å². The van der Waals surface area contributed by atoms with Crippen LogP contribution in [0.2, 0.25) is 10.0 Å². The maximum absolute atomic E-state index is 10.7. The molecular formula is C30H32Cl2O5. The Labute approximate surface area is 228 Å². The summed E-state index contributed by atoms with van der Waals surface area (Å²) in [5.74, 6) is 2.98. The number of hydrogen-bond donors (Lipinski definition) is 1. The third-order valence-electron chi connectivity index (χ3n) is 7.92. The Hall–Kier alpha value is -2.60. The van der Waals surface area contributed by atoms with Crippen molar-refractivity contribution in [1.29, 1.82) is 0 Å². The molecule has 0 saturated heterocycles. The van der Waals surface area contributed by atoms with E-state index >= 15 is 0 Å². The third-order valence-corrected chi connectivity index (χ3v) is 8.42. The van der Waals surface area contributed by atoms with Crippen molar-refractivity contribution in [2.75, 3.05) is 6.79 Å². The van der Waals surface area contributed by atoms with Crippen LogP contribution in [-0.4, -0.2) is 23.6 Å². The quantitative estimate of drug-likeness (QED) is 0.313. The molecule has 5 rings (SSSR count). The van der Waals surface area contributed by atoms with Crippen molar-refractivity contribution >= 4 is 23.2 Å². The standard InChI is InChI=1S/C30H32Cl2O5/c1-29(2)26-16-19-4-13-25(36-18-35-23-11-7-21(32)8-12-23)24(17-34-22-9-5-20(31)6-10-22)28(19)37-30(26,3)15-14-27(29)33/h4-13,26-27,33H,14-18H2,1-3H3/t26-,27-,30-/m1/s1. The van der Waals surface area contributed by atoms with Gasteiger partial charge >= 0.3 is 0 Å². The van der Waals surface area contributed by atoms with E-state index in [2.05, 4.69) is 26.8 Å². The first-order valence-corrected chi connectivity index (χ1v) is 13.3. The highest BCUT2D eigenvalue weighted by atomic mass is 35.5. The van der Waals surface area contributed by atoms with Crippen LogP contribution in [0.5, 0.6) is 23.0 Å². The van der Waals surface area contributed by atoms with Gasteiger partial charge in [0.25, 0.3) is 0 Å². The van der Waals surface area contributed by atoms with E-state index in [1.165, 1.54) is 0 Å². The van der Waals surface area contributed by atoms with Crippen molar-refractivity contribution in [3.05, 3.63) is 81.8 Å². The number of fused-ring (bicyclic) bond motifs is 2. The van der Waals surface area contributed by atoms with Crippen molar-refractivity contribution < 1.29 is 24.1 Å². The molecule has 1 aliphatic heterocycles. The molecule has 0 aromatic heterocycles. The van der Waals surface area contributed by atoms with E-state index in [0.717, 1.165) is 29.7 Å². The number of halogens is 2. The van der Waals surface area contributed by atoms with Crippen LogP contribution >= 0.6 is 23.2 Å². The lowest BCUT2D eigenvalue weighted by Crippen LogP contribution is -2.58. The molecule has 1 fully saturated rings. The molecule has 7 heteroatoms. The predicted molar refractivity (Wildman–Crippen MR) is 145 cm³/mol. The third kappa shape index (κ3) is 5.36. The fraction of sp³-hybridized carbons (Fsp3) is 0.400. The number of benzene rings is 3. The fourth-order valence-corrected chi connectivity index (χ4v) is 5.89. The Kier molecular flexibility index (Phi) is 7.23. The molecule has 0 unspecified atom stereocenters. The fourth-order valence-electron chi connectivity index (χ4n) is 5.64. The lowest BCUT2D eigenvalue weighted by atomic mass is 9.57. The van der Waals surface area contributed by atoms with Crippen LogP contribution in [-0.2, 0) is 13.0 Å². The minimum Gasteiger partial charge on any atom is -0.489 e. The highest BCUT2D eigenvalue weighted by molar-refractivity contribution is 6.30. The maximum atomic E-state index is 10.7. The number of hydrogen-bond acceptors (Lipinski definition) is 5. The van der Waals surface area contributed by atoms with E-state index in [1.54, 1.807) is 36.4 Å². The average molecular weight is 543 g/mol. The van der Waals surface area contributed by atoms with Crippen LogP contribution in [0.25, 0.3) is 0 Å². The van der Waals surface area contributed by atoms with Gasteiger partial charge < -0.3 is 24.1 Å². The first-order chi connectivity index (χ1) is 17.7. The summed E-state index contributed by atoms with van der Waals surface area (Å²) in [4.78, 5) is 0. The van der Waals surface area contributed by atoms with Gasteiger partial charge in [-0.05, 0) is 91.8 Å². The van der Waals surface area contributed by atoms with Gasteiger partial charge in [0.15, 0.2) is 0 Å². The van der Waals surface area contributed by atoms with Gasteiger partial charge in [-0.15, -0.1) is 0 Å². The topological polar surface area (TPSA) is 57.2 Å². The van der Waals surface area contributed by atoms with Crippen molar-refractivity contribution in [3.63, 3.8) is 0 Å². The molecule has 37 heavy (non-hydrogen) atoms. The first-order valence-electron chi connectivity index (χ1n) is 12.6. The zero-order valence-electron chi connectivity index (χ0n) is 21.3. The summed E-state index contributed by atoms with van der Waals surface area (Å²) >= 11 is 12.0. The van der Waals surface area contributed by atoms with Gasteiger partial charge in [-0.2, -0.15) is 0 Å². The Morgan fingerprint density at radius 2 is 1.49 bits per heavy atom. The Morgan fingerprint density at radius 3 is 2.14 bits per heavy atom. The molecule has 2 aliphatic rings. The van der Waals surface area contributed by atoms with Gasteiger partial charge in [0.1, 0.15) is 35.2 Å². The molecule has 0 bridgehead atoms. The van der Waals surface area contributed by atoms with Crippen molar-refractivity contribution in [2.24, 2.45) is 11.3 Å². The molecule has 0 radical (unpaired) electrons. The molecule has 1 saturated carbocycles. The van der Waals surface area contributed by atoms with Gasteiger partial charge in [0.05, 0.1) is 11.7 Å². The Morgan fingerprint density at radius 1 is 0.865 bits per heavy atom. The first kappa shape index (κ1) is 26.0. The zero-order valence-corrected chi connectivity index (χ0v) is 22.8. The second-order valence-electron chi connectivity index (χ2n) is 10.7. The molecule has 196 valence electrons. The minimum absolute atomic E-state index is 0.0213. The number of aliphatic hydroxyl groups is 1. The predicted octanol–water partition coefficient (Wildman–Crippen LogP) is 7.48. The normalized spacial score (nSPS) is 23.8. The Balaban J connectivity index is 1.43. The molecule has 1 heterocycles. The number of rotatable bonds is 7. The van der Waals surface area contributed by atoms with Crippen molar-refractivity contribution in [2.45, 2.75) is 58.3 Å². The molecule has 5 nitrogen and oxygen atoms in total. The molecular weight excluding hydrogens is 511 g/mol. The lowest BCUT2D eigenvalue weighted by Gasteiger charge is -2.55. The highest BCUT2D eigenvalue weighted by Gasteiger charge is 2.54. The maximum Gasteiger partial charge on any atom is 0.230 e. The van der Waals surface area contributed by atoms with Gasteiger partial charge in [-0.3, -0.25) is 0 Å². The second-order valence-corrected chi connectivity index (χ2v) is 11.6. The summed E-state index contributed by atoms with van der Waals surface area (Å²) < 4.78 is 24.8. The summed E-state index contributed by atoms with van der Waals surface area (Å²) in [5, 5.41) is 12.0. The average Bonchev–Trinajstić information content (AvgIpc) is 2.87. The zero-order chi connectivity index (χ0) is 26.2. The highest BCUT2D eigenvalue weighted by Crippen LogP contribution is 2.54. The molecule has 1 aliphatic carbocycles. The number of aliphatic hydroxyl groups excluding tert-OH is 1. The molecule has 3 atom stereocenters. The van der Waals surface area contributed by atoms with E-state index in [-0.39, 0.29) is 30.8 Å².